The maximum absolute atomic E-state index is 5.75. The van der Waals surface area contributed by atoms with E-state index in [0.29, 0.717) is 13.2 Å². The number of nitrogens with two attached hydrogens (primary N) is 1. The van der Waals surface area contributed by atoms with Gasteiger partial charge in [-0.3, -0.25) is 0 Å². The zero-order valence-electron chi connectivity index (χ0n) is 11.8. The van der Waals surface area contributed by atoms with Gasteiger partial charge in [0.15, 0.2) is 0 Å². The topological polar surface area (TPSA) is 73.1 Å². The van der Waals surface area contributed by atoms with Crippen molar-refractivity contribution < 1.29 is 4.74 Å². The Morgan fingerprint density at radius 3 is 2.90 bits per heavy atom. The maximum Gasteiger partial charge on any atom is 0.207 e. The van der Waals surface area contributed by atoms with E-state index in [4.69, 9.17) is 10.5 Å². The van der Waals surface area contributed by atoms with Crippen LogP contribution in [0.4, 0.5) is 10.8 Å². The molecule has 2 aromatic rings. The number of anilines is 2. The molecule has 1 heterocycles. The maximum atomic E-state index is 5.75. The van der Waals surface area contributed by atoms with Crippen LogP contribution in [0.5, 0.6) is 5.75 Å². The highest BCUT2D eigenvalue weighted by molar-refractivity contribution is 7.09. The molecule has 1 aromatic carbocycles. The Morgan fingerprint density at radius 1 is 1.35 bits per heavy atom. The van der Waals surface area contributed by atoms with Crippen LogP contribution in [0.3, 0.4) is 0 Å². The van der Waals surface area contributed by atoms with Crippen molar-refractivity contribution in [3.63, 3.8) is 0 Å². The third kappa shape index (κ3) is 3.68. The summed E-state index contributed by atoms with van der Waals surface area (Å²) in [7, 11) is 0. The number of nitrogens with one attached hydrogen (secondary N) is 1. The highest BCUT2D eigenvalue weighted by atomic mass is 32.1. The number of aryl methyl sites for hydroxylation is 1. The monoisotopic (exact) mass is 292 g/mol. The highest BCUT2D eigenvalue weighted by Crippen LogP contribution is 2.25. The van der Waals surface area contributed by atoms with E-state index >= 15 is 0 Å². The van der Waals surface area contributed by atoms with Crippen molar-refractivity contribution >= 4 is 22.4 Å². The van der Waals surface area contributed by atoms with E-state index in [0.717, 1.165) is 40.8 Å². The Kier molecular flexibility index (Phi) is 5.31. The fourth-order valence-electron chi connectivity index (χ4n) is 1.87. The largest absolute Gasteiger partial charge is 0.494 e. The molecular weight excluding hydrogens is 272 g/mol. The zero-order valence-corrected chi connectivity index (χ0v) is 12.7. The Balaban J connectivity index is 2.12. The molecule has 1 aromatic heterocycles. The average Bonchev–Trinajstić information content (AvgIpc) is 2.88. The number of aromatic nitrogens is 2. The molecule has 2 rings (SSSR count). The summed E-state index contributed by atoms with van der Waals surface area (Å²) in [4.78, 5) is 4.44. The van der Waals surface area contributed by atoms with Crippen LogP contribution in [0.1, 0.15) is 31.7 Å². The lowest BCUT2D eigenvalue weighted by molar-refractivity contribution is 0.336. The van der Waals surface area contributed by atoms with Crippen LogP contribution < -0.4 is 15.8 Å². The minimum absolute atomic E-state index is 0.446. The third-order valence-corrected chi connectivity index (χ3v) is 3.44. The molecule has 20 heavy (non-hydrogen) atoms. The van der Waals surface area contributed by atoms with Gasteiger partial charge in [-0.25, -0.2) is 4.98 Å². The molecule has 0 saturated carbocycles. The van der Waals surface area contributed by atoms with Crippen molar-refractivity contribution in [2.24, 2.45) is 5.73 Å². The molecule has 0 fully saturated rings. The molecule has 0 bridgehead atoms. The number of nitrogens with zero attached hydrogens (tertiary/aromatic N) is 2. The zero-order chi connectivity index (χ0) is 14.4. The molecule has 5 nitrogen and oxygen atoms in total. The van der Waals surface area contributed by atoms with Crippen molar-refractivity contribution in [3.8, 4) is 5.75 Å². The van der Waals surface area contributed by atoms with Gasteiger partial charge < -0.3 is 15.8 Å². The summed E-state index contributed by atoms with van der Waals surface area (Å²) in [5.74, 6) is 1.73. The lowest BCUT2D eigenvalue weighted by Crippen LogP contribution is -2.03. The minimum atomic E-state index is 0.446. The highest BCUT2D eigenvalue weighted by Gasteiger charge is 2.06. The molecule has 0 spiro atoms. The van der Waals surface area contributed by atoms with Crippen LogP contribution in [-0.4, -0.2) is 16.0 Å². The molecular formula is C14H20N4OS. The van der Waals surface area contributed by atoms with Crippen LogP contribution in [0.25, 0.3) is 0 Å². The molecule has 0 aliphatic rings. The number of benzene rings is 1. The van der Waals surface area contributed by atoms with Gasteiger partial charge in [-0.05, 0) is 31.5 Å². The number of rotatable bonds is 7. The molecule has 6 heteroatoms. The number of ether oxygens (including phenoxy) is 1. The summed E-state index contributed by atoms with van der Waals surface area (Å²) in [6, 6.07) is 5.89. The second kappa shape index (κ2) is 7.21. The van der Waals surface area contributed by atoms with E-state index in [1.54, 1.807) is 0 Å². The quantitative estimate of drug-likeness (QED) is 0.820. The normalized spacial score (nSPS) is 10.6. The fraction of sp³-hybridized carbons (Fsp3) is 0.429. The first-order valence-electron chi connectivity index (χ1n) is 6.82. The predicted octanol–water partition coefficient (Wildman–Crippen LogP) is 3.09. The van der Waals surface area contributed by atoms with Gasteiger partial charge in [0, 0.05) is 35.7 Å². The van der Waals surface area contributed by atoms with Crippen molar-refractivity contribution in [1.82, 2.24) is 9.36 Å². The summed E-state index contributed by atoms with van der Waals surface area (Å²) in [5.41, 5.74) is 7.69. The Hall–Kier alpha value is -1.66. The molecule has 0 amide bonds. The van der Waals surface area contributed by atoms with Crippen LogP contribution in [0, 0.1) is 0 Å². The fourth-order valence-corrected chi connectivity index (χ4v) is 2.50. The molecule has 0 saturated heterocycles. The van der Waals surface area contributed by atoms with E-state index in [2.05, 4.69) is 21.6 Å². The van der Waals surface area contributed by atoms with Crippen LogP contribution >= 0.6 is 11.5 Å². The van der Waals surface area contributed by atoms with E-state index in [1.165, 1.54) is 11.5 Å². The average molecular weight is 292 g/mol. The second-order valence-electron chi connectivity index (χ2n) is 4.35. The first-order valence-corrected chi connectivity index (χ1v) is 7.59. The van der Waals surface area contributed by atoms with E-state index in [9.17, 15) is 0 Å². The van der Waals surface area contributed by atoms with E-state index < -0.39 is 0 Å². The first kappa shape index (κ1) is 14.7. The molecule has 0 aliphatic heterocycles. The van der Waals surface area contributed by atoms with Gasteiger partial charge in [0.25, 0.3) is 0 Å². The SMILES string of the molecule is CCCc1nsc(Nc2ccc(OCC)c(CN)c2)n1. The summed E-state index contributed by atoms with van der Waals surface area (Å²) in [5, 5.41) is 4.07. The van der Waals surface area contributed by atoms with E-state index in [1.807, 2.05) is 25.1 Å². The van der Waals surface area contributed by atoms with Gasteiger partial charge in [-0.15, -0.1) is 0 Å². The Labute approximate surface area is 123 Å². The predicted molar refractivity (Wildman–Crippen MR) is 82.7 cm³/mol. The van der Waals surface area contributed by atoms with Crippen molar-refractivity contribution in [1.29, 1.82) is 0 Å². The van der Waals surface area contributed by atoms with Gasteiger partial charge >= 0.3 is 0 Å². The molecule has 0 radical (unpaired) electrons. The summed E-state index contributed by atoms with van der Waals surface area (Å²) in [6.45, 7) is 5.16. The summed E-state index contributed by atoms with van der Waals surface area (Å²) in [6.07, 6.45) is 1.96. The molecule has 0 aliphatic carbocycles. The van der Waals surface area contributed by atoms with Crippen LogP contribution in [0.15, 0.2) is 18.2 Å². The summed E-state index contributed by atoms with van der Waals surface area (Å²) < 4.78 is 9.85. The molecule has 0 atom stereocenters. The molecule has 0 unspecified atom stereocenters. The Bertz CT molecular complexity index is 556. The van der Waals surface area contributed by atoms with Crippen molar-refractivity contribution in [3.05, 3.63) is 29.6 Å². The summed E-state index contributed by atoms with van der Waals surface area (Å²) >= 11 is 1.38. The molecule has 108 valence electrons. The van der Waals surface area contributed by atoms with Gasteiger partial charge in [0.2, 0.25) is 5.13 Å². The Morgan fingerprint density at radius 2 is 2.20 bits per heavy atom. The van der Waals surface area contributed by atoms with Crippen molar-refractivity contribution in [2.75, 3.05) is 11.9 Å². The minimum Gasteiger partial charge on any atom is -0.494 e. The van der Waals surface area contributed by atoms with Gasteiger partial charge in [0.05, 0.1) is 6.61 Å². The van der Waals surface area contributed by atoms with Gasteiger partial charge in [-0.1, -0.05) is 6.92 Å². The van der Waals surface area contributed by atoms with Crippen LogP contribution in [0.2, 0.25) is 0 Å². The van der Waals surface area contributed by atoms with Gasteiger partial charge in [-0.2, -0.15) is 4.37 Å². The number of hydrogen-bond donors (Lipinski definition) is 2. The lowest BCUT2D eigenvalue weighted by Gasteiger charge is -2.10. The standard InChI is InChI=1S/C14H20N4OS/c1-3-5-13-17-14(20-18-13)16-11-6-7-12(19-4-2)10(8-11)9-15/h6-8H,3-5,9,15H2,1-2H3,(H,16,17,18). The second-order valence-corrected chi connectivity index (χ2v) is 5.10. The van der Waals surface area contributed by atoms with Gasteiger partial charge in [0.1, 0.15) is 11.6 Å². The first-order chi connectivity index (χ1) is 9.76. The third-order valence-electron chi connectivity index (χ3n) is 2.77. The number of hydrogen-bond acceptors (Lipinski definition) is 6. The lowest BCUT2D eigenvalue weighted by atomic mass is 10.2. The smallest absolute Gasteiger partial charge is 0.207 e. The van der Waals surface area contributed by atoms with Crippen molar-refractivity contribution in [2.45, 2.75) is 33.2 Å². The van der Waals surface area contributed by atoms with E-state index in [-0.39, 0.29) is 0 Å². The van der Waals surface area contributed by atoms with Crippen LogP contribution in [-0.2, 0) is 13.0 Å². The molecule has 3 N–H and O–H groups in total.